The van der Waals surface area contributed by atoms with Gasteiger partial charge in [0.25, 0.3) is 11.8 Å². The molecule has 1 atom stereocenters. The van der Waals surface area contributed by atoms with Gasteiger partial charge in [0.15, 0.2) is 0 Å². The topological polar surface area (TPSA) is 43.9 Å². The summed E-state index contributed by atoms with van der Waals surface area (Å²) in [7, 11) is 0. The van der Waals surface area contributed by atoms with Gasteiger partial charge in [0.2, 0.25) is 0 Å². The second-order valence-corrected chi connectivity index (χ2v) is 7.02. The fraction of sp³-hybridized carbons (Fsp3) is 0.333. The lowest BCUT2D eigenvalue weighted by Gasteiger charge is -2.43. The van der Waals surface area contributed by atoms with Crippen LogP contribution in [0.15, 0.2) is 54.6 Å². The molecule has 2 aliphatic heterocycles. The van der Waals surface area contributed by atoms with Crippen molar-refractivity contribution in [1.29, 1.82) is 0 Å². The highest BCUT2D eigenvalue weighted by Crippen LogP contribution is 2.33. The summed E-state index contributed by atoms with van der Waals surface area (Å²) in [4.78, 5) is 27.9. The Morgan fingerprint density at radius 1 is 0.885 bits per heavy atom. The number of nitrogens with zero attached hydrogens (tertiary/aromatic N) is 3. The minimum Gasteiger partial charge on any atom is -0.353 e. The number of hydrazine groups is 1. The van der Waals surface area contributed by atoms with E-state index in [1.165, 1.54) is 0 Å². The highest BCUT2D eigenvalue weighted by molar-refractivity contribution is 5.91. The summed E-state index contributed by atoms with van der Waals surface area (Å²) in [6, 6.07) is 17.9. The Labute approximate surface area is 153 Å². The lowest BCUT2D eigenvalue weighted by Crippen LogP contribution is -2.54. The number of rotatable bonds is 2. The second kappa shape index (κ2) is 6.83. The maximum absolute atomic E-state index is 13.1. The number of carbonyl (C=O) groups excluding carboxylic acids is 2. The summed E-state index contributed by atoms with van der Waals surface area (Å²) in [6.45, 7) is 3.08. The first kappa shape index (κ1) is 16.6. The number of aryl methyl sites for hydroxylation is 1. The third-order valence-corrected chi connectivity index (χ3v) is 5.18. The molecule has 26 heavy (non-hydrogen) atoms. The summed E-state index contributed by atoms with van der Waals surface area (Å²) >= 11 is 0. The van der Waals surface area contributed by atoms with Crippen molar-refractivity contribution in [2.24, 2.45) is 0 Å². The highest BCUT2D eigenvalue weighted by Gasteiger charge is 2.40. The van der Waals surface area contributed by atoms with Crippen LogP contribution in [-0.2, 0) is 9.59 Å². The van der Waals surface area contributed by atoms with E-state index < -0.39 is 0 Å². The monoisotopic (exact) mass is 349 g/mol. The molecule has 0 spiro atoms. The maximum atomic E-state index is 13.1. The summed E-state index contributed by atoms with van der Waals surface area (Å²) in [5.74, 6) is -0.0398. The molecule has 0 bridgehead atoms. The Morgan fingerprint density at radius 2 is 1.58 bits per heavy atom. The van der Waals surface area contributed by atoms with Gasteiger partial charge in [-0.1, -0.05) is 48.0 Å². The normalized spacial score (nSPS) is 20.8. The number of fused-ring (bicyclic) bond motifs is 1. The van der Waals surface area contributed by atoms with Crippen LogP contribution < -0.4 is 4.90 Å². The van der Waals surface area contributed by atoms with Crippen molar-refractivity contribution in [2.75, 3.05) is 24.5 Å². The Morgan fingerprint density at radius 3 is 2.31 bits per heavy atom. The van der Waals surface area contributed by atoms with Gasteiger partial charge in [0.1, 0.15) is 0 Å². The van der Waals surface area contributed by atoms with Crippen LogP contribution >= 0.6 is 0 Å². The fourth-order valence-electron chi connectivity index (χ4n) is 3.84. The Balaban J connectivity index is 1.65. The second-order valence-electron chi connectivity index (χ2n) is 7.02. The third-order valence-electron chi connectivity index (χ3n) is 5.18. The largest absolute Gasteiger partial charge is 0.353 e. The van der Waals surface area contributed by atoms with Crippen molar-refractivity contribution in [3.8, 4) is 0 Å². The van der Waals surface area contributed by atoms with Crippen molar-refractivity contribution < 1.29 is 9.59 Å². The van der Waals surface area contributed by atoms with E-state index in [-0.39, 0.29) is 30.9 Å². The molecule has 2 aliphatic rings. The lowest BCUT2D eigenvalue weighted by atomic mass is 9.99. The van der Waals surface area contributed by atoms with Crippen molar-refractivity contribution >= 4 is 17.5 Å². The number of carbonyl (C=O) groups is 2. The molecular weight excluding hydrogens is 326 g/mol. The quantitative estimate of drug-likeness (QED) is 0.837. The third kappa shape index (κ3) is 3.05. The molecule has 2 saturated heterocycles. The predicted molar refractivity (Wildman–Crippen MR) is 100 cm³/mol. The molecule has 5 heteroatoms. The number of amides is 2. The van der Waals surface area contributed by atoms with E-state index in [1.807, 2.05) is 66.4 Å². The van der Waals surface area contributed by atoms with E-state index in [0.717, 1.165) is 29.7 Å². The molecule has 2 amide bonds. The van der Waals surface area contributed by atoms with E-state index in [1.54, 1.807) is 10.0 Å². The zero-order valence-electron chi connectivity index (χ0n) is 15.0. The van der Waals surface area contributed by atoms with E-state index in [4.69, 9.17) is 0 Å². The fourth-order valence-corrected chi connectivity index (χ4v) is 3.84. The SMILES string of the molecule is Cc1ccc(N2CC(=O)N3CCCC(c4ccccc4)N3C(=O)C2)cc1. The number of hydrogen-bond donors (Lipinski definition) is 0. The lowest BCUT2D eigenvalue weighted by molar-refractivity contribution is -0.171. The molecule has 2 fully saturated rings. The van der Waals surface area contributed by atoms with Gasteiger partial charge in [-0.2, -0.15) is 0 Å². The van der Waals surface area contributed by atoms with Gasteiger partial charge in [-0.3, -0.25) is 9.59 Å². The molecule has 2 aromatic rings. The van der Waals surface area contributed by atoms with Crippen LogP contribution in [0.25, 0.3) is 0 Å². The van der Waals surface area contributed by atoms with Crippen LogP contribution in [0.1, 0.15) is 30.0 Å². The van der Waals surface area contributed by atoms with Crippen molar-refractivity contribution in [3.05, 3.63) is 65.7 Å². The average molecular weight is 349 g/mol. The molecule has 0 aromatic heterocycles. The minimum absolute atomic E-state index is 0.0166. The van der Waals surface area contributed by atoms with Gasteiger partial charge in [0, 0.05) is 12.2 Å². The summed E-state index contributed by atoms with van der Waals surface area (Å²) in [5.41, 5.74) is 3.16. The molecule has 5 nitrogen and oxygen atoms in total. The van der Waals surface area contributed by atoms with Crippen molar-refractivity contribution in [3.63, 3.8) is 0 Å². The smallest absolute Gasteiger partial charge is 0.261 e. The first-order chi connectivity index (χ1) is 12.6. The van der Waals surface area contributed by atoms with Gasteiger partial charge < -0.3 is 4.90 Å². The van der Waals surface area contributed by atoms with Gasteiger partial charge in [-0.25, -0.2) is 10.0 Å². The standard InChI is InChI=1S/C21H23N3O2/c1-16-9-11-18(12-10-16)22-14-20(25)23-13-5-8-19(24(23)21(26)15-22)17-6-3-2-4-7-17/h2-4,6-7,9-12,19H,5,8,13-15H2,1H3. The zero-order valence-corrected chi connectivity index (χ0v) is 15.0. The van der Waals surface area contributed by atoms with Crippen LogP contribution in [0.5, 0.6) is 0 Å². The molecule has 134 valence electrons. The number of benzene rings is 2. The summed E-state index contributed by atoms with van der Waals surface area (Å²) in [6.07, 6.45) is 1.78. The number of hydrogen-bond acceptors (Lipinski definition) is 3. The van der Waals surface area contributed by atoms with Crippen molar-refractivity contribution in [1.82, 2.24) is 10.0 Å². The van der Waals surface area contributed by atoms with Crippen molar-refractivity contribution in [2.45, 2.75) is 25.8 Å². The number of anilines is 1. The molecule has 2 heterocycles. The van der Waals surface area contributed by atoms with E-state index >= 15 is 0 Å². The zero-order chi connectivity index (χ0) is 18.1. The van der Waals surface area contributed by atoms with Crippen LogP contribution in [0.3, 0.4) is 0 Å². The minimum atomic E-state index is -0.0700. The predicted octanol–water partition coefficient (Wildman–Crippen LogP) is 2.92. The molecule has 2 aromatic carbocycles. The van der Waals surface area contributed by atoms with E-state index in [0.29, 0.717) is 6.54 Å². The Bertz CT molecular complexity index is 804. The van der Waals surface area contributed by atoms with Crippen LogP contribution in [0.2, 0.25) is 0 Å². The first-order valence-corrected chi connectivity index (χ1v) is 9.12. The summed E-state index contributed by atoms with van der Waals surface area (Å²) < 4.78 is 0. The Hall–Kier alpha value is -2.82. The molecule has 0 radical (unpaired) electrons. The van der Waals surface area contributed by atoms with E-state index in [2.05, 4.69) is 0 Å². The molecular formula is C21H23N3O2. The van der Waals surface area contributed by atoms with Crippen LogP contribution in [0, 0.1) is 6.92 Å². The summed E-state index contributed by atoms with van der Waals surface area (Å²) in [5, 5.41) is 3.37. The molecule has 4 rings (SSSR count). The van der Waals surface area contributed by atoms with E-state index in [9.17, 15) is 9.59 Å². The van der Waals surface area contributed by atoms with Gasteiger partial charge in [-0.05, 0) is 37.5 Å². The van der Waals surface area contributed by atoms with Crippen LogP contribution in [-0.4, -0.2) is 41.5 Å². The molecule has 0 saturated carbocycles. The highest BCUT2D eigenvalue weighted by atomic mass is 16.2. The molecule has 0 N–H and O–H groups in total. The van der Waals surface area contributed by atoms with Gasteiger partial charge in [-0.15, -0.1) is 0 Å². The maximum Gasteiger partial charge on any atom is 0.261 e. The Kier molecular flexibility index (Phi) is 4.37. The average Bonchev–Trinajstić information content (AvgIpc) is 2.80. The van der Waals surface area contributed by atoms with Gasteiger partial charge >= 0.3 is 0 Å². The molecule has 0 aliphatic carbocycles. The van der Waals surface area contributed by atoms with Crippen LogP contribution in [0.4, 0.5) is 5.69 Å². The van der Waals surface area contributed by atoms with Gasteiger partial charge in [0.05, 0.1) is 19.1 Å². The first-order valence-electron chi connectivity index (χ1n) is 9.12. The molecule has 1 unspecified atom stereocenters.